The largest absolute Gasteiger partial charge is 0.462 e. The van der Waals surface area contributed by atoms with E-state index in [9.17, 15) is 9.59 Å². The molecule has 0 N–H and O–H groups in total. The first kappa shape index (κ1) is 11.4. The van der Waals surface area contributed by atoms with Crippen LogP contribution in [-0.4, -0.2) is 25.2 Å². The van der Waals surface area contributed by atoms with Crippen molar-refractivity contribution in [2.45, 2.75) is 6.92 Å². The van der Waals surface area contributed by atoms with Crippen molar-refractivity contribution in [1.29, 1.82) is 0 Å². The second kappa shape index (κ2) is 5.99. The fourth-order valence-electron chi connectivity index (χ4n) is 0.523. The van der Waals surface area contributed by atoms with Crippen LogP contribution in [0.2, 0.25) is 0 Å². The van der Waals surface area contributed by atoms with Gasteiger partial charge in [0.1, 0.15) is 12.2 Å². The van der Waals surface area contributed by atoms with Crippen molar-refractivity contribution < 1.29 is 19.1 Å². The maximum Gasteiger partial charge on any atom is 0.345 e. The number of hydrogen-bond donors (Lipinski definition) is 0. The van der Waals surface area contributed by atoms with Gasteiger partial charge in [0.25, 0.3) is 0 Å². The van der Waals surface area contributed by atoms with Gasteiger partial charge in [-0.2, -0.15) is 0 Å². The summed E-state index contributed by atoms with van der Waals surface area (Å²) >= 11 is 0. The summed E-state index contributed by atoms with van der Waals surface area (Å²) < 4.78 is 9.10. The Morgan fingerprint density at radius 2 is 1.85 bits per heavy atom. The van der Waals surface area contributed by atoms with Crippen LogP contribution >= 0.6 is 0 Å². The Morgan fingerprint density at radius 3 is 2.31 bits per heavy atom. The van der Waals surface area contributed by atoms with E-state index in [1.807, 2.05) is 0 Å². The molecule has 0 saturated carbocycles. The Morgan fingerprint density at radius 1 is 1.31 bits per heavy atom. The van der Waals surface area contributed by atoms with Gasteiger partial charge in [-0.3, -0.25) is 0 Å². The van der Waals surface area contributed by atoms with Crippen LogP contribution in [0.3, 0.4) is 0 Å². The molecule has 0 unspecified atom stereocenters. The number of carbonyl (C=O) groups excluding carboxylic acids is 2. The fraction of sp³-hybridized carbons (Fsp3) is 0.333. The lowest BCUT2D eigenvalue weighted by Crippen LogP contribution is -2.17. The van der Waals surface area contributed by atoms with E-state index in [1.165, 1.54) is 6.08 Å². The third-order valence-corrected chi connectivity index (χ3v) is 1.10. The molecule has 0 spiro atoms. The number of rotatable bonds is 5. The summed E-state index contributed by atoms with van der Waals surface area (Å²) in [6.45, 7) is 8.49. The average Bonchev–Trinajstić information content (AvgIpc) is 2.13. The smallest absolute Gasteiger partial charge is 0.345 e. The Bertz CT molecular complexity index is 230. The number of carbonyl (C=O) groups is 2. The number of esters is 2. The van der Waals surface area contributed by atoms with E-state index in [2.05, 4.69) is 22.6 Å². The summed E-state index contributed by atoms with van der Waals surface area (Å²) in [6.07, 6.45) is 1.40. The maximum atomic E-state index is 10.9. The van der Waals surface area contributed by atoms with Gasteiger partial charge in [-0.1, -0.05) is 19.2 Å². The van der Waals surface area contributed by atoms with Gasteiger partial charge in [-0.15, -0.1) is 0 Å². The van der Waals surface area contributed by atoms with E-state index in [-0.39, 0.29) is 18.8 Å². The van der Waals surface area contributed by atoms with Crippen molar-refractivity contribution >= 4 is 11.9 Å². The van der Waals surface area contributed by atoms with Crippen LogP contribution in [0.1, 0.15) is 6.92 Å². The van der Waals surface area contributed by atoms with Crippen LogP contribution in [0.5, 0.6) is 0 Å². The molecule has 0 aromatic carbocycles. The molecule has 72 valence electrons. The van der Waals surface area contributed by atoms with Crippen LogP contribution in [-0.2, 0) is 19.1 Å². The molecule has 0 aromatic heterocycles. The lowest BCUT2D eigenvalue weighted by Gasteiger charge is -2.03. The van der Waals surface area contributed by atoms with E-state index in [0.717, 1.165) is 0 Å². The molecule has 0 aliphatic rings. The van der Waals surface area contributed by atoms with Crippen molar-refractivity contribution in [2.75, 3.05) is 13.2 Å². The molecule has 13 heavy (non-hydrogen) atoms. The van der Waals surface area contributed by atoms with Gasteiger partial charge in [0.2, 0.25) is 0 Å². The average molecular weight is 184 g/mol. The Kier molecular flexibility index (Phi) is 5.27. The van der Waals surface area contributed by atoms with Gasteiger partial charge >= 0.3 is 11.9 Å². The van der Waals surface area contributed by atoms with Gasteiger partial charge in [0.05, 0.1) is 6.61 Å². The topological polar surface area (TPSA) is 52.6 Å². The van der Waals surface area contributed by atoms with E-state index in [1.54, 1.807) is 6.92 Å². The highest BCUT2D eigenvalue weighted by Crippen LogP contribution is 1.98. The zero-order valence-electron chi connectivity index (χ0n) is 7.54. The molecular weight excluding hydrogens is 172 g/mol. The van der Waals surface area contributed by atoms with E-state index < -0.39 is 11.9 Å². The molecular formula is C9H12O4. The lowest BCUT2D eigenvalue weighted by atomic mass is 10.3. The van der Waals surface area contributed by atoms with Gasteiger partial charge in [0.15, 0.2) is 0 Å². The van der Waals surface area contributed by atoms with Crippen molar-refractivity contribution in [3.8, 4) is 0 Å². The molecule has 4 heteroatoms. The normalized spacial score (nSPS) is 8.69. The van der Waals surface area contributed by atoms with Gasteiger partial charge in [-0.05, 0) is 6.92 Å². The minimum Gasteiger partial charge on any atom is -0.462 e. The first-order chi connectivity index (χ1) is 6.13. The molecule has 0 rings (SSSR count). The Hall–Kier alpha value is -1.58. The third-order valence-electron chi connectivity index (χ3n) is 1.10. The SMILES string of the molecule is C=CCOC(=O)C(=C)C(=O)OCC. The third kappa shape index (κ3) is 4.10. The number of hydrogen-bond acceptors (Lipinski definition) is 4. The molecule has 0 amide bonds. The zero-order chi connectivity index (χ0) is 10.3. The summed E-state index contributed by atoms with van der Waals surface area (Å²) in [5.74, 6) is -1.53. The van der Waals surface area contributed by atoms with Crippen molar-refractivity contribution in [2.24, 2.45) is 0 Å². The van der Waals surface area contributed by atoms with Gasteiger partial charge < -0.3 is 9.47 Å². The molecule has 0 heterocycles. The summed E-state index contributed by atoms with van der Waals surface area (Å²) in [4.78, 5) is 21.8. The van der Waals surface area contributed by atoms with Crippen LogP contribution < -0.4 is 0 Å². The Labute approximate surface area is 76.8 Å². The second-order valence-corrected chi connectivity index (χ2v) is 2.09. The first-order valence-electron chi connectivity index (χ1n) is 3.77. The standard InChI is InChI=1S/C9H12O4/c1-4-6-13-9(11)7(3)8(10)12-5-2/h4H,1,3,5-6H2,2H3. The van der Waals surface area contributed by atoms with E-state index in [0.29, 0.717) is 0 Å². The fourth-order valence-corrected chi connectivity index (χ4v) is 0.523. The molecule has 0 aliphatic carbocycles. The van der Waals surface area contributed by atoms with Gasteiger partial charge in [-0.25, -0.2) is 9.59 Å². The highest BCUT2D eigenvalue weighted by Gasteiger charge is 2.17. The Balaban J connectivity index is 4.02. The van der Waals surface area contributed by atoms with Crippen molar-refractivity contribution in [3.63, 3.8) is 0 Å². The molecule has 0 aliphatic heterocycles. The van der Waals surface area contributed by atoms with Crippen LogP contribution in [0, 0.1) is 0 Å². The highest BCUT2D eigenvalue weighted by molar-refractivity contribution is 6.13. The summed E-state index contributed by atoms with van der Waals surface area (Å²) in [5.41, 5.74) is -0.302. The van der Waals surface area contributed by atoms with E-state index >= 15 is 0 Å². The van der Waals surface area contributed by atoms with Crippen molar-refractivity contribution in [3.05, 3.63) is 24.8 Å². The molecule has 0 radical (unpaired) electrons. The monoisotopic (exact) mass is 184 g/mol. The molecule has 4 nitrogen and oxygen atoms in total. The summed E-state index contributed by atoms with van der Waals surface area (Å²) in [7, 11) is 0. The predicted octanol–water partition coefficient (Wildman–Crippen LogP) is 0.835. The minimum atomic E-state index is -0.779. The second-order valence-electron chi connectivity index (χ2n) is 2.09. The number of ether oxygens (including phenoxy) is 2. The maximum absolute atomic E-state index is 10.9. The highest BCUT2D eigenvalue weighted by atomic mass is 16.6. The molecule has 0 fully saturated rings. The van der Waals surface area contributed by atoms with Crippen LogP contribution in [0.15, 0.2) is 24.8 Å². The lowest BCUT2D eigenvalue weighted by molar-refractivity contribution is -0.146. The quantitative estimate of drug-likeness (QED) is 0.209. The van der Waals surface area contributed by atoms with E-state index in [4.69, 9.17) is 0 Å². The molecule has 0 aromatic rings. The molecule has 0 saturated heterocycles. The van der Waals surface area contributed by atoms with Crippen LogP contribution in [0.4, 0.5) is 0 Å². The zero-order valence-corrected chi connectivity index (χ0v) is 7.54. The molecule has 0 atom stereocenters. The van der Waals surface area contributed by atoms with Crippen LogP contribution in [0.25, 0.3) is 0 Å². The first-order valence-corrected chi connectivity index (χ1v) is 3.77. The predicted molar refractivity (Wildman–Crippen MR) is 46.9 cm³/mol. The minimum absolute atomic E-state index is 0.0528. The van der Waals surface area contributed by atoms with Gasteiger partial charge in [0, 0.05) is 0 Å². The summed E-state index contributed by atoms with van der Waals surface area (Å²) in [5, 5.41) is 0. The summed E-state index contributed by atoms with van der Waals surface area (Å²) in [6, 6.07) is 0. The molecule has 0 bridgehead atoms. The van der Waals surface area contributed by atoms with Crippen molar-refractivity contribution in [1.82, 2.24) is 0 Å².